The van der Waals surface area contributed by atoms with Crippen LogP contribution in [-0.2, 0) is 0 Å². The molecule has 3 aromatic rings. The normalized spacial score (nSPS) is 16.7. The molecule has 0 aromatic carbocycles. The van der Waals surface area contributed by atoms with Crippen LogP contribution in [0.4, 0.5) is 19.0 Å². The molecule has 1 aliphatic heterocycles. The summed E-state index contributed by atoms with van der Waals surface area (Å²) in [5, 5.41) is 1.56. The molecule has 4 rings (SSSR count). The minimum absolute atomic E-state index is 0.143. The van der Waals surface area contributed by atoms with Crippen LogP contribution >= 0.6 is 0 Å². The zero-order valence-corrected chi connectivity index (χ0v) is 14.3. The third-order valence-corrected chi connectivity index (χ3v) is 4.67. The van der Waals surface area contributed by atoms with Crippen LogP contribution in [0.3, 0.4) is 0 Å². The average molecular weight is 375 g/mol. The van der Waals surface area contributed by atoms with Gasteiger partial charge in [-0.05, 0) is 25.0 Å². The number of H-pyrrole nitrogens is 1. The second-order valence-electron chi connectivity index (χ2n) is 6.54. The summed E-state index contributed by atoms with van der Waals surface area (Å²) in [4.78, 5) is 16.4. The lowest BCUT2D eigenvalue weighted by molar-refractivity contribution is -0.149. The van der Waals surface area contributed by atoms with Crippen LogP contribution in [0.5, 0.6) is 5.75 Å². The van der Waals surface area contributed by atoms with Crippen LogP contribution in [0.1, 0.15) is 12.8 Å². The maximum Gasteiger partial charge on any atom is 0.401 e. The van der Waals surface area contributed by atoms with Crippen LogP contribution in [0, 0.1) is 6.57 Å². The summed E-state index contributed by atoms with van der Waals surface area (Å²) >= 11 is 0. The van der Waals surface area contributed by atoms with E-state index < -0.39 is 12.7 Å². The number of rotatable bonds is 3. The zero-order valence-electron chi connectivity index (χ0n) is 14.3. The Labute approximate surface area is 152 Å². The first-order valence-electron chi connectivity index (χ1n) is 8.53. The first kappa shape index (κ1) is 17.5. The molecule has 3 aromatic heterocycles. The van der Waals surface area contributed by atoms with Gasteiger partial charge in [-0.1, -0.05) is 6.57 Å². The molecule has 4 heterocycles. The molecule has 9 heteroatoms. The lowest BCUT2D eigenvalue weighted by Crippen LogP contribution is -2.42. The maximum absolute atomic E-state index is 12.5. The van der Waals surface area contributed by atoms with Gasteiger partial charge in [-0.3, -0.25) is 4.90 Å². The monoisotopic (exact) mass is 375 g/mol. The summed E-state index contributed by atoms with van der Waals surface area (Å²) in [6.45, 7) is 7.09. The second-order valence-corrected chi connectivity index (χ2v) is 6.54. The molecule has 0 saturated carbocycles. The van der Waals surface area contributed by atoms with Gasteiger partial charge in [0.15, 0.2) is 5.75 Å². The largest absolute Gasteiger partial charge is 0.499 e. The SMILES string of the molecule is [C-]#[N+]c1ncc2[nH]c3ncccc3c2c1OC1CCN(CC(F)(F)F)CC1. The number of likely N-dealkylation sites (tertiary alicyclic amines) is 1. The topological polar surface area (TPSA) is 58.4 Å². The molecule has 140 valence electrons. The van der Waals surface area contributed by atoms with Crippen molar-refractivity contribution in [3.8, 4) is 5.75 Å². The minimum atomic E-state index is -4.20. The van der Waals surface area contributed by atoms with Crippen molar-refractivity contribution in [3.63, 3.8) is 0 Å². The lowest BCUT2D eigenvalue weighted by Gasteiger charge is -2.32. The molecule has 0 spiro atoms. The Kier molecular flexibility index (Phi) is 4.36. The molecule has 0 atom stereocenters. The molecule has 1 fully saturated rings. The summed E-state index contributed by atoms with van der Waals surface area (Å²) in [5.41, 5.74) is 1.38. The first-order chi connectivity index (χ1) is 12.9. The van der Waals surface area contributed by atoms with E-state index in [9.17, 15) is 13.2 Å². The Morgan fingerprint density at radius 2 is 2.07 bits per heavy atom. The number of ether oxygens (including phenoxy) is 1. The number of piperidine rings is 1. The molecule has 0 radical (unpaired) electrons. The van der Waals surface area contributed by atoms with Crippen LogP contribution in [-0.4, -0.2) is 51.8 Å². The summed E-state index contributed by atoms with van der Waals surface area (Å²) < 4.78 is 43.7. The first-order valence-corrected chi connectivity index (χ1v) is 8.53. The minimum Gasteiger partial charge on any atom is -0.499 e. The number of pyridine rings is 2. The van der Waals surface area contributed by atoms with Gasteiger partial charge in [0.05, 0.1) is 18.2 Å². The van der Waals surface area contributed by atoms with Gasteiger partial charge in [0.1, 0.15) is 11.8 Å². The quantitative estimate of drug-likeness (QED) is 0.701. The Morgan fingerprint density at radius 3 is 2.78 bits per heavy atom. The van der Waals surface area contributed by atoms with Crippen LogP contribution in [0.15, 0.2) is 24.5 Å². The number of hydrogen-bond acceptors (Lipinski definition) is 4. The van der Waals surface area contributed by atoms with Crippen molar-refractivity contribution in [1.29, 1.82) is 0 Å². The van der Waals surface area contributed by atoms with E-state index in [-0.39, 0.29) is 11.9 Å². The number of hydrogen-bond donors (Lipinski definition) is 1. The Morgan fingerprint density at radius 1 is 1.30 bits per heavy atom. The van der Waals surface area contributed by atoms with Crippen LogP contribution in [0.25, 0.3) is 26.8 Å². The van der Waals surface area contributed by atoms with Gasteiger partial charge < -0.3 is 14.6 Å². The van der Waals surface area contributed by atoms with Crippen molar-refractivity contribution in [2.24, 2.45) is 0 Å². The van der Waals surface area contributed by atoms with E-state index in [1.54, 1.807) is 18.5 Å². The zero-order chi connectivity index (χ0) is 19.0. The molecule has 0 amide bonds. The van der Waals surface area contributed by atoms with Gasteiger partial charge in [0.25, 0.3) is 0 Å². The summed E-state index contributed by atoms with van der Waals surface area (Å²) in [6.07, 6.45) is -0.294. The van der Waals surface area contributed by atoms with Crippen LogP contribution < -0.4 is 4.74 Å². The van der Waals surface area contributed by atoms with Crippen molar-refractivity contribution in [2.45, 2.75) is 25.1 Å². The summed E-state index contributed by atoms with van der Waals surface area (Å²) in [5.74, 6) is 0.515. The molecular weight excluding hydrogens is 359 g/mol. The van der Waals surface area contributed by atoms with E-state index in [0.29, 0.717) is 42.8 Å². The molecule has 1 N–H and O–H groups in total. The van der Waals surface area contributed by atoms with Crippen molar-refractivity contribution in [1.82, 2.24) is 19.9 Å². The lowest BCUT2D eigenvalue weighted by atomic mass is 10.1. The van der Waals surface area contributed by atoms with E-state index >= 15 is 0 Å². The molecular formula is C18H16F3N5O. The molecule has 6 nitrogen and oxygen atoms in total. The van der Waals surface area contributed by atoms with Gasteiger partial charge in [-0.2, -0.15) is 13.2 Å². The van der Waals surface area contributed by atoms with Gasteiger partial charge in [-0.15, -0.1) is 4.98 Å². The number of nitrogens with one attached hydrogen (secondary N) is 1. The molecule has 0 aliphatic carbocycles. The summed E-state index contributed by atoms with van der Waals surface area (Å²) in [6, 6.07) is 3.68. The average Bonchev–Trinajstić information content (AvgIpc) is 3.01. The summed E-state index contributed by atoms with van der Waals surface area (Å²) in [7, 11) is 0. The highest BCUT2D eigenvalue weighted by Crippen LogP contribution is 2.39. The van der Waals surface area contributed by atoms with E-state index in [1.165, 1.54) is 4.90 Å². The number of aromatic nitrogens is 3. The third-order valence-electron chi connectivity index (χ3n) is 4.67. The molecule has 0 unspecified atom stereocenters. The molecule has 1 saturated heterocycles. The highest BCUT2D eigenvalue weighted by molar-refractivity contribution is 6.10. The molecule has 0 bridgehead atoms. The van der Waals surface area contributed by atoms with Crippen molar-refractivity contribution < 1.29 is 17.9 Å². The number of nitrogens with zero attached hydrogens (tertiary/aromatic N) is 4. The third kappa shape index (κ3) is 3.53. The maximum atomic E-state index is 12.5. The number of fused-ring (bicyclic) bond motifs is 3. The van der Waals surface area contributed by atoms with Crippen LogP contribution in [0.2, 0.25) is 0 Å². The molecule has 1 aliphatic rings. The van der Waals surface area contributed by atoms with Gasteiger partial charge in [0.2, 0.25) is 0 Å². The molecule has 27 heavy (non-hydrogen) atoms. The fraction of sp³-hybridized carbons (Fsp3) is 0.389. The second kappa shape index (κ2) is 6.70. The van der Waals surface area contributed by atoms with Crippen molar-refractivity contribution in [3.05, 3.63) is 35.9 Å². The highest BCUT2D eigenvalue weighted by Gasteiger charge is 2.33. The van der Waals surface area contributed by atoms with E-state index in [2.05, 4.69) is 19.8 Å². The van der Waals surface area contributed by atoms with Crippen molar-refractivity contribution in [2.75, 3.05) is 19.6 Å². The Bertz CT molecular complexity index is 1020. The van der Waals surface area contributed by atoms with E-state index in [0.717, 1.165) is 10.8 Å². The fourth-order valence-corrected chi connectivity index (χ4v) is 3.48. The number of aromatic amines is 1. The standard InChI is InChI=1S/C18H16F3N5O/c1-22-17-15(27-11-4-7-26(8-5-11)10-18(19,20)21)14-12-3-2-6-23-16(12)25-13(14)9-24-17/h2-3,6,9,11H,4-5,7-8,10H2,(H,23,25). The highest BCUT2D eigenvalue weighted by atomic mass is 19.4. The van der Waals surface area contributed by atoms with Gasteiger partial charge >= 0.3 is 12.0 Å². The predicted molar refractivity (Wildman–Crippen MR) is 93.8 cm³/mol. The van der Waals surface area contributed by atoms with E-state index in [1.807, 2.05) is 6.07 Å². The van der Waals surface area contributed by atoms with Crippen molar-refractivity contribution >= 4 is 27.8 Å². The smallest absolute Gasteiger partial charge is 0.401 e. The Balaban J connectivity index is 1.62. The number of halogens is 3. The van der Waals surface area contributed by atoms with Gasteiger partial charge in [0, 0.05) is 30.1 Å². The van der Waals surface area contributed by atoms with E-state index in [4.69, 9.17) is 11.3 Å². The number of alkyl halides is 3. The predicted octanol–water partition coefficient (Wildman–Crippen LogP) is 4.07. The fourth-order valence-electron chi connectivity index (χ4n) is 3.48. The van der Waals surface area contributed by atoms with Gasteiger partial charge in [-0.25, -0.2) is 4.98 Å². The Hall–Kier alpha value is -2.86.